The maximum absolute atomic E-state index is 11.6. The minimum Gasteiger partial charge on any atom is -0.481 e. The van der Waals surface area contributed by atoms with Crippen molar-refractivity contribution >= 4 is 17.1 Å². The van der Waals surface area contributed by atoms with Crippen LogP contribution < -0.4 is 5.76 Å². The molecule has 3 rings (SSSR count). The van der Waals surface area contributed by atoms with Crippen LogP contribution in [0, 0.1) is 5.92 Å². The van der Waals surface area contributed by atoms with Gasteiger partial charge in [0.15, 0.2) is 5.58 Å². The Kier molecular flexibility index (Phi) is 3.12. The largest absolute Gasteiger partial charge is 0.481 e. The van der Waals surface area contributed by atoms with Gasteiger partial charge in [0, 0.05) is 7.05 Å². The van der Waals surface area contributed by atoms with Crippen LogP contribution in [0.3, 0.4) is 0 Å². The Morgan fingerprint density at radius 3 is 2.75 bits per heavy atom. The fourth-order valence-corrected chi connectivity index (χ4v) is 3.24. The first-order chi connectivity index (χ1) is 9.58. The number of aryl methyl sites for hydroxylation is 1. The summed E-state index contributed by atoms with van der Waals surface area (Å²) >= 11 is 0. The first kappa shape index (κ1) is 13.0. The van der Waals surface area contributed by atoms with Crippen molar-refractivity contribution in [1.29, 1.82) is 0 Å². The van der Waals surface area contributed by atoms with Gasteiger partial charge < -0.3 is 9.52 Å². The average Bonchev–Trinajstić information content (AvgIpc) is 3.01. The van der Waals surface area contributed by atoms with E-state index < -0.39 is 17.6 Å². The zero-order chi connectivity index (χ0) is 14.3. The number of benzene rings is 1. The van der Waals surface area contributed by atoms with E-state index >= 15 is 0 Å². The molecule has 1 heterocycles. The summed E-state index contributed by atoms with van der Waals surface area (Å²) in [6.45, 7) is 0. The van der Waals surface area contributed by atoms with Gasteiger partial charge >= 0.3 is 11.7 Å². The lowest BCUT2D eigenvalue weighted by atomic mass is 9.85. The molecule has 106 valence electrons. The molecule has 0 amide bonds. The van der Waals surface area contributed by atoms with E-state index in [-0.39, 0.29) is 5.92 Å². The number of oxazole rings is 1. The molecule has 1 N–H and O–H groups in total. The van der Waals surface area contributed by atoms with Gasteiger partial charge in [-0.2, -0.15) is 0 Å². The van der Waals surface area contributed by atoms with Crippen molar-refractivity contribution in [2.45, 2.75) is 31.6 Å². The van der Waals surface area contributed by atoms with Crippen LogP contribution in [0.4, 0.5) is 0 Å². The summed E-state index contributed by atoms with van der Waals surface area (Å²) in [5, 5.41) is 9.54. The van der Waals surface area contributed by atoms with E-state index in [1.54, 1.807) is 25.2 Å². The van der Waals surface area contributed by atoms with Crippen molar-refractivity contribution in [3.8, 4) is 0 Å². The molecule has 0 spiro atoms. The summed E-state index contributed by atoms with van der Waals surface area (Å²) in [5.41, 5.74) is 1.90. The van der Waals surface area contributed by atoms with Gasteiger partial charge in [-0.05, 0) is 36.5 Å². The highest BCUT2D eigenvalue weighted by atomic mass is 16.4. The molecule has 1 aromatic heterocycles. The fourth-order valence-electron chi connectivity index (χ4n) is 3.24. The van der Waals surface area contributed by atoms with E-state index in [0.29, 0.717) is 11.1 Å². The smallest absolute Gasteiger partial charge is 0.419 e. The molecule has 0 aliphatic heterocycles. The maximum atomic E-state index is 11.6. The Hall–Kier alpha value is -2.04. The predicted molar refractivity (Wildman–Crippen MR) is 73.8 cm³/mol. The van der Waals surface area contributed by atoms with Gasteiger partial charge in [0.2, 0.25) is 0 Å². The van der Waals surface area contributed by atoms with Gasteiger partial charge in [0.1, 0.15) is 0 Å². The maximum Gasteiger partial charge on any atom is 0.419 e. The van der Waals surface area contributed by atoms with Gasteiger partial charge in [-0.25, -0.2) is 4.79 Å². The Morgan fingerprint density at radius 1 is 1.40 bits per heavy atom. The van der Waals surface area contributed by atoms with Crippen molar-refractivity contribution < 1.29 is 14.3 Å². The van der Waals surface area contributed by atoms with Gasteiger partial charge in [0.05, 0.1) is 11.4 Å². The number of nitrogens with zero attached hydrogens (tertiary/aromatic N) is 1. The number of hydrogen-bond acceptors (Lipinski definition) is 3. The average molecular weight is 275 g/mol. The van der Waals surface area contributed by atoms with Gasteiger partial charge in [-0.15, -0.1) is 0 Å². The SMILES string of the molecule is Cn1c(=O)oc2ccc(C(C(=O)O)C3CCCC3)cc21. The molecular weight excluding hydrogens is 258 g/mol. The minimum absolute atomic E-state index is 0.189. The summed E-state index contributed by atoms with van der Waals surface area (Å²) in [5.74, 6) is -1.52. The van der Waals surface area contributed by atoms with Crippen molar-refractivity contribution in [2.24, 2.45) is 13.0 Å². The Morgan fingerprint density at radius 2 is 2.10 bits per heavy atom. The minimum atomic E-state index is -0.787. The third-order valence-electron chi connectivity index (χ3n) is 4.31. The highest BCUT2D eigenvalue weighted by Gasteiger charge is 2.32. The first-order valence-corrected chi connectivity index (χ1v) is 6.90. The monoisotopic (exact) mass is 275 g/mol. The van der Waals surface area contributed by atoms with Crippen LogP contribution in [0.1, 0.15) is 37.2 Å². The highest BCUT2D eigenvalue weighted by Crippen LogP contribution is 2.38. The van der Waals surface area contributed by atoms with E-state index in [4.69, 9.17) is 4.42 Å². The standard InChI is InChI=1S/C15H17NO4/c1-16-11-8-10(6-7-12(11)20-15(16)19)13(14(17)18)9-4-2-3-5-9/h6-9,13H,2-5H2,1H3,(H,17,18). The van der Waals surface area contributed by atoms with Crippen LogP contribution in [0.5, 0.6) is 0 Å². The zero-order valence-corrected chi connectivity index (χ0v) is 11.3. The summed E-state index contributed by atoms with van der Waals surface area (Å²) in [6, 6.07) is 5.23. The van der Waals surface area contributed by atoms with Crippen molar-refractivity contribution in [1.82, 2.24) is 4.57 Å². The van der Waals surface area contributed by atoms with E-state index in [1.807, 2.05) is 0 Å². The number of fused-ring (bicyclic) bond motifs is 1. The Labute approximate surface area is 115 Å². The molecule has 1 unspecified atom stereocenters. The lowest BCUT2D eigenvalue weighted by Crippen LogP contribution is -2.19. The molecule has 2 aromatic rings. The molecule has 1 aliphatic rings. The van der Waals surface area contributed by atoms with Crippen molar-refractivity contribution in [2.75, 3.05) is 0 Å². The predicted octanol–water partition coefficient (Wildman–Crippen LogP) is 2.49. The third kappa shape index (κ3) is 2.03. The molecule has 1 atom stereocenters. The highest BCUT2D eigenvalue weighted by molar-refractivity contribution is 5.80. The molecule has 1 saturated carbocycles. The van der Waals surface area contributed by atoms with Crippen LogP contribution in [-0.4, -0.2) is 15.6 Å². The van der Waals surface area contributed by atoms with Crippen LogP contribution in [-0.2, 0) is 11.8 Å². The molecule has 1 aromatic carbocycles. The second kappa shape index (κ2) is 4.81. The molecular formula is C15H17NO4. The number of carbonyl (C=O) groups is 1. The lowest BCUT2D eigenvalue weighted by molar-refractivity contribution is -0.140. The van der Waals surface area contributed by atoms with Crippen molar-refractivity contribution in [3.05, 3.63) is 34.3 Å². The molecule has 5 nitrogen and oxygen atoms in total. The summed E-state index contributed by atoms with van der Waals surface area (Å²) < 4.78 is 6.49. The van der Waals surface area contributed by atoms with E-state index in [1.165, 1.54) is 4.57 Å². The first-order valence-electron chi connectivity index (χ1n) is 6.90. The number of carboxylic acids is 1. The molecule has 20 heavy (non-hydrogen) atoms. The normalized spacial score (nSPS) is 17.6. The molecule has 5 heteroatoms. The van der Waals surface area contributed by atoms with Crippen LogP contribution in [0.25, 0.3) is 11.1 Å². The van der Waals surface area contributed by atoms with Gasteiger partial charge in [0.25, 0.3) is 0 Å². The van der Waals surface area contributed by atoms with Crippen LogP contribution >= 0.6 is 0 Å². The van der Waals surface area contributed by atoms with E-state index in [9.17, 15) is 14.7 Å². The third-order valence-corrected chi connectivity index (χ3v) is 4.31. The topological polar surface area (TPSA) is 72.4 Å². The van der Waals surface area contributed by atoms with Crippen molar-refractivity contribution in [3.63, 3.8) is 0 Å². The molecule has 1 aliphatic carbocycles. The second-order valence-electron chi connectivity index (χ2n) is 5.51. The fraction of sp³-hybridized carbons (Fsp3) is 0.467. The molecule has 0 saturated heterocycles. The number of aliphatic carboxylic acids is 1. The zero-order valence-electron chi connectivity index (χ0n) is 11.3. The van der Waals surface area contributed by atoms with E-state index in [0.717, 1.165) is 31.2 Å². The molecule has 0 radical (unpaired) electrons. The number of rotatable bonds is 3. The van der Waals surface area contributed by atoms with Gasteiger partial charge in [-0.1, -0.05) is 18.9 Å². The summed E-state index contributed by atoms with van der Waals surface area (Å²) in [4.78, 5) is 23.1. The number of hydrogen-bond donors (Lipinski definition) is 1. The summed E-state index contributed by atoms with van der Waals surface area (Å²) in [6.07, 6.45) is 4.11. The Bertz CT molecular complexity index is 706. The van der Waals surface area contributed by atoms with Gasteiger partial charge in [-0.3, -0.25) is 9.36 Å². The Balaban J connectivity index is 2.08. The summed E-state index contributed by atoms with van der Waals surface area (Å²) in [7, 11) is 1.63. The second-order valence-corrected chi connectivity index (χ2v) is 5.51. The van der Waals surface area contributed by atoms with Crippen LogP contribution in [0.15, 0.2) is 27.4 Å². The quantitative estimate of drug-likeness (QED) is 0.934. The molecule has 1 fully saturated rings. The number of aromatic nitrogens is 1. The van der Waals surface area contributed by atoms with E-state index in [2.05, 4.69) is 0 Å². The lowest BCUT2D eigenvalue weighted by Gasteiger charge is -2.19. The molecule has 0 bridgehead atoms. The van der Waals surface area contributed by atoms with Crippen LogP contribution in [0.2, 0.25) is 0 Å². The number of carboxylic acid groups (broad SMARTS) is 1.